The van der Waals surface area contributed by atoms with Crippen molar-refractivity contribution in [1.29, 1.82) is 0 Å². The van der Waals surface area contributed by atoms with E-state index in [1.807, 2.05) is 34.6 Å². The first-order valence-corrected chi connectivity index (χ1v) is 12.0. The van der Waals surface area contributed by atoms with Crippen LogP contribution in [0.2, 0.25) is 0 Å². The number of carbonyl (C=O) groups excluding carboxylic acids is 1. The molecule has 0 aromatic carbocycles. The Labute approximate surface area is 206 Å². The number of hydrogen-bond donors (Lipinski definition) is 4. The Morgan fingerprint density at radius 2 is 1.89 bits per heavy atom. The summed E-state index contributed by atoms with van der Waals surface area (Å²) in [5.74, 6) is -2.29. The predicted molar refractivity (Wildman–Crippen MR) is 123 cm³/mol. The molecule has 0 aromatic heterocycles. The van der Waals surface area contributed by atoms with Crippen LogP contribution < -0.4 is 5.32 Å². The van der Waals surface area contributed by atoms with Crippen LogP contribution >= 0.6 is 0 Å². The van der Waals surface area contributed by atoms with Gasteiger partial charge in [-0.15, -0.1) is 0 Å². The molecule has 0 unspecified atom stereocenters. The Morgan fingerprint density at radius 1 is 1.20 bits per heavy atom. The average molecular weight is 504 g/mol. The summed E-state index contributed by atoms with van der Waals surface area (Å²) in [5, 5.41) is 33.2. The lowest BCUT2D eigenvalue weighted by Crippen LogP contribution is -2.69. The van der Waals surface area contributed by atoms with E-state index >= 15 is 0 Å². The van der Waals surface area contributed by atoms with Gasteiger partial charge in [0.1, 0.15) is 19.0 Å². The van der Waals surface area contributed by atoms with E-state index in [-0.39, 0.29) is 25.7 Å². The number of ether oxygens (including phenoxy) is 6. The summed E-state index contributed by atoms with van der Waals surface area (Å²) >= 11 is 0. The summed E-state index contributed by atoms with van der Waals surface area (Å²) in [6, 6.07) is 0. The molecule has 11 nitrogen and oxygen atoms in total. The van der Waals surface area contributed by atoms with Crippen molar-refractivity contribution in [1.82, 2.24) is 5.32 Å². The molecule has 0 bridgehead atoms. The first kappa shape index (κ1) is 28.4. The number of aliphatic hydroxyl groups excluding tert-OH is 3. The van der Waals surface area contributed by atoms with Crippen molar-refractivity contribution in [2.24, 2.45) is 5.41 Å². The molecule has 9 atom stereocenters. The van der Waals surface area contributed by atoms with E-state index in [1.54, 1.807) is 7.11 Å². The minimum absolute atomic E-state index is 0.116. The molecular formula is C24H41NO10. The molecule has 0 saturated carbocycles. The number of rotatable bonds is 8. The van der Waals surface area contributed by atoms with E-state index in [4.69, 9.17) is 28.4 Å². The van der Waals surface area contributed by atoms with E-state index < -0.39 is 66.6 Å². The molecule has 4 N–H and O–H groups in total. The molecule has 0 radical (unpaired) electrons. The third kappa shape index (κ3) is 5.43. The Bertz CT molecular complexity index is 788. The van der Waals surface area contributed by atoms with Crippen LogP contribution in [0.15, 0.2) is 11.1 Å². The van der Waals surface area contributed by atoms with Gasteiger partial charge in [-0.05, 0) is 26.3 Å². The van der Waals surface area contributed by atoms with Crippen LogP contribution in [0.5, 0.6) is 0 Å². The highest BCUT2D eigenvalue weighted by Gasteiger charge is 2.57. The molecule has 1 amide bonds. The minimum atomic E-state index is -1.65. The van der Waals surface area contributed by atoms with Crippen LogP contribution in [0, 0.1) is 5.41 Å². The van der Waals surface area contributed by atoms with Crippen molar-refractivity contribution in [2.45, 2.75) is 102 Å². The topological polar surface area (TPSA) is 145 Å². The third-order valence-corrected chi connectivity index (χ3v) is 7.73. The van der Waals surface area contributed by atoms with Gasteiger partial charge < -0.3 is 49.1 Å². The molecule has 3 rings (SSSR count). The Morgan fingerprint density at radius 3 is 2.46 bits per heavy atom. The SMILES string of the molecule is CO[C@@H]1[C@H]2OCO[C@@H](NC(=O)[C@@H](O)[C@@]3(OC)CC(C)=C(C)[C@@H](C)O3)[C@H]2O[C@H](C[C@@H](O)CO)C1(C)C. The van der Waals surface area contributed by atoms with E-state index in [2.05, 4.69) is 5.32 Å². The van der Waals surface area contributed by atoms with Crippen molar-refractivity contribution in [3.05, 3.63) is 11.1 Å². The third-order valence-electron chi connectivity index (χ3n) is 7.73. The average Bonchev–Trinajstić information content (AvgIpc) is 2.82. The second-order valence-electron chi connectivity index (χ2n) is 10.3. The predicted octanol–water partition coefficient (Wildman–Crippen LogP) is 0.202. The molecule has 3 heterocycles. The highest BCUT2D eigenvalue weighted by molar-refractivity contribution is 5.82. The molecule has 11 heteroatoms. The smallest absolute Gasteiger partial charge is 0.256 e. The molecule has 35 heavy (non-hydrogen) atoms. The van der Waals surface area contributed by atoms with E-state index in [0.29, 0.717) is 0 Å². The fourth-order valence-corrected chi connectivity index (χ4v) is 5.27. The second-order valence-corrected chi connectivity index (χ2v) is 10.3. The standard InChI is InChI=1S/C24H41NO10/c1-12-9-24(31-7,35-14(3)13(12)2)19(28)21(29)25-22-18-17(32-11-33-22)20(30-6)23(4,5)16(34-18)8-15(27)10-26/h14-20,22,26-28H,8-11H2,1-7H3,(H,25,29)/t14-,15-,16-,17+,18+,19-,20-,22-,24-/m1/s1. The fourth-order valence-electron chi connectivity index (χ4n) is 5.27. The van der Waals surface area contributed by atoms with Crippen LogP contribution in [-0.4, -0.2) is 104 Å². The van der Waals surface area contributed by atoms with Gasteiger partial charge in [-0.3, -0.25) is 4.79 Å². The van der Waals surface area contributed by atoms with Crippen molar-refractivity contribution in [3.63, 3.8) is 0 Å². The molecule has 0 aromatic rings. The highest BCUT2D eigenvalue weighted by Crippen LogP contribution is 2.43. The van der Waals surface area contributed by atoms with Crippen molar-refractivity contribution >= 4 is 5.91 Å². The molecule has 3 aliphatic heterocycles. The number of fused-ring (bicyclic) bond motifs is 1. The number of aliphatic hydroxyl groups is 3. The fraction of sp³-hybridized carbons (Fsp3) is 0.875. The maximum absolute atomic E-state index is 13.2. The molecule has 3 aliphatic rings. The van der Waals surface area contributed by atoms with Gasteiger partial charge >= 0.3 is 0 Å². The quantitative estimate of drug-likeness (QED) is 0.339. The summed E-state index contributed by atoms with van der Waals surface area (Å²) in [5.41, 5.74) is 1.43. The summed E-state index contributed by atoms with van der Waals surface area (Å²) < 4.78 is 35.1. The van der Waals surface area contributed by atoms with Gasteiger partial charge in [-0.25, -0.2) is 0 Å². The lowest BCUT2D eigenvalue weighted by atomic mass is 9.72. The largest absolute Gasteiger partial charge is 0.394 e. The van der Waals surface area contributed by atoms with Crippen molar-refractivity contribution in [2.75, 3.05) is 27.6 Å². The zero-order chi connectivity index (χ0) is 26.1. The minimum Gasteiger partial charge on any atom is -0.394 e. The number of hydrogen-bond acceptors (Lipinski definition) is 10. The van der Waals surface area contributed by atoms with Crippen LogP contribution in [0.1, 0.15) is 47.5 Å². The van der Waals surface area contributed by atoms with Crippen LogP contribution in [0.4, 0.5) is 0 Å². The van der Waals surface area contributed by atoms with Crippen LogP contribution in [0.25, 0.3) is 0 Å². The van der Waals surface area contributed by atoms with Gasteiger partial charge in [0.2, 0.25) is 5.79 Å². The normalized spacial score (nSPS) is 39.0. The Hall–Kier alpha value is -1.15. The van der Waals surface area contributed by atoms with Gasteiger partial charge in [0.15, 0.2) is 12.3 Å². The van der Waals surface area contributed by atoms with Gasteiger partial charge in [0.05, 0.1) is 31.0 Å². The van der Waals surface area contributed by atoms with E-state index in [9.17, 15) is 20.1 Å². The van der Waals surface area contributed by atoms with Crippen LogP contribution in [-0.2, 0) is 33.2 Å². The summed E-state index contributed by atoms with van der Waals surface area (Å²) in [7, 11) is 2.96. The Kier molecular flexibility index (Phi) is 8.99. The monoisotopic (exact) mass is 503 g/mol. The van der Waals surface area contributed by atoms with Gasteiger partial charge in [-0.1, -0.05) is 19.4 Å². The van der Waals surface area contributed by atoms with Crippen molar-refractivity contribution in [3.8, 4) is 0 Å². The first-order valence-electron chi connectivity index (χ1n) is 12.0. The first-order chi connectivity index (χ1) is 16.4. The molecule has 2 fully saturated rings. The van der Waals surface area contributed by atoms with Crippen molar-refractivity contribution < 1.29 is 48.5 Å². The van der Waals surface area contributed by atoms with Gasteiger partial charge in [-0.2, -0.15) is 0 Å². The van der Waals surface area contributed by atoms with E-state index in [0.717, 1.165) is 11.1 Å². The number of carbonyl (C=O) groups is 1. The number of methoxy groups -OCH3 is 2. The molecule has 0 aliphatic carbocycles. The summed E-state index contributed by atoms with van der Waals surface area (Å²) in [6.45, 7) is 9.05. The maximum Gasteiger partial charge on any atom is 0.256 e. The second kappa shape index (κ2) is 11.1. The van der Waals surface area contributed by atoms with E-state index in [1.165, 1.54) is 7.11 Å². The number of nitrogens with one attached hydrogen (secondary N) is 1. The van der Waals surface area contributed by atoms with Gasteiger partial charge in [0, 0.05) is 32.5 Å². The lowest BCUT2D eigenvalue weighted by molar-refractivity contribution is -0.332. The summed E-state index contributed by atoms with van der Waals surface area (Å²) in [6.07, 6.45) is -5.90. The number of amides is 1. The van der Waals surface area contributed by atoms with Gasteiger partial charge in [0.25, 0.3) is 5.91 Å². The molecule has 202 valence electrons. The molecule has 0 spiro atoms. The van der Waals surface area contributed by atoms with Crippen LogP contribution in [0.3, 0.4) is 0 Å². The lowest BCUT2D eigenvalue weighted by Gasteiger charge is -2.54. The highest BCUT2D eigenvalue weighted by atomic mass is 16.7. The maximum atomic E-state index is 13.2. The zero-order valence-electron chi connectivity index (χ0n) is 21.6. The summed E-state index contributed by atoms with van der Waals surface area (Å²) in [4.78, 5) is 13.2. The molecule has 2 saturated heterocycles. The zero-order valence-corrected chi connectivity index (χ0v) is 21.6. The Balaban J connectivity index is 1.80. The molecular weight excluding hydrogens is 462 g/mol.